The molecule has 0 aromatic heterocycles. The van der Waals surface area contributed by atoms with Crippen LogP contribution >= 0.6 is 0 Å². The molecule has 5 N–H and O–H groups in total. The van der Waals surface area contributed by atoms with Crippen molar-refractivity contribution in [1.82, 2.24) is 55.6 Å². The second kappa shape index (κ2) is 37.3. The van der Waals surface area contributed by atoms with E-state index in [1.165, 1.54) is 82.8 Å². The zero-order valence-electron chi connectivity index (χ0n) is 59.2. The first kappa shape index (κ1) is 81.8. The van der Waals surface area contributed by atoms with E-state index in [1.807, 2.05) is 48.5 Å². The van der Waals surface area contributed by atoms with Gasteiger partial charge in [-0.3, -0.25) is 52.7 Å². The molecule has 90 heavy (non-hydrogen) atoms. The second-order valence-electron chi connectivity index (χ2n) is 27.1. The lowest BCUT2D eigenvalue weighted by atomic mass is 9.92. The van der Waals surface area contributed by atoms with Gasteiger partial charge in [-0.1, -0.05) is 102 Å². The molecule has 1 fully saturated rings. The van der Waals surface area contributed by atoms with Crippen molar-refractivity contribution in [1.29, 1.82) is 0 Å². The summed E-state index contributed by atoms with van der Waals surface area (Å²) in [5, 5.41) is 23.1. The number of amides is 11. The Labute approximate surface area is 538 Å². The van der Waals surface area contributed by atoms with Crippen LogP contribution in [-0.4, -0.2) is 246 Å². The SMILES string of the molecule is CC/C=C/[C@@H](C)[C@@H](O)[C@H]1C(=O)N[C@@H](CC)C(=O)N(C)CC(=O)N(C)[C@@H](CC(C)(C)OCOCC)C(=O)N[C@@H](C(C)C)C(=O)N(C)[C@@H](CC(C)C)C(=O)N[C@@H](C)C(=O)N[C@H](C)C(=O)N(C)[C@@H](CC(C)C)C(=O)N(C)[C@@H](CC(C)C)C(=O)N(C)[C@@H](C(C)C)C(=O)N1C. The Morgan fingerprint density at radius 3 is 1.47 bits per heavy atom. The van der Waals surface area contributed by atoms with Gasteiger partial charge < -0.3 is 70.1 Å². The van der Waals surface area contributed by atoms with E-state index in [0.717, 1.165) is 14.7 Å². The minimum absolute atomic E-state index is 0.00969. The molecule has 12 atom stereocenters. The number of aliphatic hydroxyl groups is 1. The van der Waals surface area contributed by atoms with E-state index < -0.39 is 161 Å². The van der Waals surface area contributed by atoms with Crippen molar-refractivity contribution in [2.75, 3.05) is 69.3 Å². The average Bonchev–Trinajstić information content (AvgIpc) is 0.849. The molecule has 0 spiro atoms. The molecule has 0 radical (unpaired) electrons. The zero-order chi connectivity index (χ0) is 69.7. The number of likely N-dealkylation sites (N-methyl/N-ethyl adjacent to an activating group) is 7. The fourth-order valence-corrected chi connectivity index (χ4v) is 11.0. The summed E-state index contributed by atoms with van der Waals surface area (Å²) in [6.07, 6.45) is 2.80. The van der Waals surface area contributed by atoms with Crippen molar-refractivity contribution in [2.45, 2.75) is 235 Å². The predicted octanol–water partition coefficient (Wildman–Crippen LogP) is 3.40. The number of aliphatic hydroxyl groups excluding tert-OH is 1. The standard InChI is InChI=1S/C65H117N11O14/c1-26-29-30-42(14)54(78)53-58(82)68-45(27-2)60(84)70(19)35-50(77)71(20)49(34-65(17,18)90-36-89-28-3)57(81)69-51(40(10)11)63(87)72(21)46(31-37(4)5)56(80)66-43(15)55(79)67-44(16)59(83)73(22)47(32-38(6)7)61(85)74(23)48(33-39(8)9)62(86)75(24)52(41(12)13)64(88)76(53)25/h29-30,37-49,51-54,78H,26-28,31-36H2,1-25H3,(H,66,80)(H,67,79)(H,68,82)(H,69,81)/b30-29+/t42-,43+,44-,45+,46+,47+,48+,49+,51+,52+,53+,54-/m1/s1. The molecular formula is C65H117N11O14. The van der Waals surface area contributed by atoms with E-state index in [9.17, 15) is 48.3 Å². The topological polar surface area (TPSA) is 297 Å². The van der Waals surface area contributed by atoms with Gasteiger partial charge in [-0.15, -0.1) is 0 Å². The Hall–Kier alpha value is -6.21. The number of nitrogens with zero attached hydrogens (tertiary/aromatic N) is 7. The van der Waals surface area contributed by atoms with E-state index in [2.05, 4.69) is 21.3 Å². The van der Waals surface area contributed by atoms with Crippen LogP contribution in [0.2, 0.25) is 0 Å². The lowest BCUT2D eigenvalue weighted by molar-refractivity contribution is -0.157. The molecule has 25 nitrogen and oxygen atoms in total. The van der Waals surface area contributed by atoms with Gasteiger partial charge >= 0.3 is 0 Å². The van der Waals surface area contributed by atoms with E-state index in [0.29, 0.717) is 13.0 Å². The van der Waals surface area contributed by atoms with E-state index >= 15 is 9.59 Å². The smallest absolute Gasteiger partial charge is 0.246 e. The van der Waals surface area contributed by atoms with E-state index in [1.54, 1.807) is 74.5 Å². The largest absolute Gasteiger partial charge is 0.390 e. The van der Waals surface area contributed by atoms with Crippen LogP contribution in [0.1, 0.15) is 163 Å². The summed E-state index contributed by atoms with van der Waals surface area (Å²) in [6, 6.07) is -12.8. The molecule has 516 valence electrons. The highest BCUT2D eigenvalue weighted by Crippen LogP contribution is 2.26. The lowest BCUT2D eigenvalue weighted by Gasteiger charge is -2.41. The Morgan fingerprint density at radius 1 is 0.522 bits per heavy atom. The molecule has 0 aromatic carbocycles. The predicted molar refractivity (Wildman–Crippen MR) is 345 cm³/mol. The number of nitrogens with one attached hydrogen (secondary N) is 4. The summed E-state index contributed by atoms with van der Waals surface area (Å²) in [6.45, 7) is 30.8. The quantitative estimate of drug-likeness (QED) is 0.0704. The first-order valence-electron chi connectivity index (χ1n) is 32.2. The Morgan fingerprint density at radius 2 is 0.989 bits per heavy atom. The summed E-state index contributed by atoms with van der Waals surface area (Å²) >= 11 is 0. The third kappa shape index (κ3) is 23.5. The molecule has 1 saturated heterocycles. The van der Waals surface area contributed by atoms with Gasteiger partial charge in [0.05, 0.1) is 18.2 Å². The summed E-state index contributed by atoms with van der Waals surface area (Å²) < 4.78 is 11.5. The molecule has 1 heterocycles. The summed E-state index contributed by atoms with van der Waals surface area (Å²) in [4.78, 5) is 170. The maximum absolute atomic E-state index is 15.2. The third-order valence-electron chi connectivity index (χ3n) is 16.7. The summed E-state index contributed by atoms with van der Waals surface area (Å²) in [5.74, 6) is -10.2. The van der Waals surface area contributed by atoms with Crippen LogP contribution in [0, 0.1) is 35.5 Å². The number of hydrogen-bond acceptors (Lipinski definition) is 14. The Balaban J connectivity index is 4.41. The van der Waals surface area contributed by atoms with E-state index in [-0.39, 0.29) is 56.7 Å². The molecular weight excluding hydrogens is 1160 g/mol. The number of allylic oxidation sites excluding steroid dienone is 1. The monoisotopic (exact) mass is 1280 g/mol. The summed E-state index contributed by atoms with van der Waals surface area (Å²) in [7, 11) is 9.80. The van der Waals surface area contributed by atoms with Gasteiger partial charge in [0.2, 0.25) is 65.0 Å². The molecule has 25 heteroatoms. The first-order valence-corrected chi connectivity index (χ1v) is 32.2. The molecule has 0 aromatic rings. The Bertz CT molecular complexity index is 2450. The zero-order valence-corrected chi connectivity index (χ0v) is 59.2. The highest BCUT2D eigenvalue weighted by Gasteiger charge is 2.46. The number of ether oxygens (including phenoxy) is 2. The van der Waals surface area contributed by atoms with Gasteiger partial charge in [0.1, 0.15) is 67.2 Å². The maximum atomic E-state index is 15.2. The normalized spacial score (nSPS) is 26.2. The molecule has 0 saturated carbocycles. The third-order valence-corrected chi connectivity index (χ3v) is 16.7. The molecule has 0 bridgehead atoms. The van der Waals surface area contributed by atoms with Crippen molar-refractivity contribution in [3.63, 3.8) is 0 Å². The number of rotatable bonds is 19. The van der Waals surface area contributed by atoms with Crippen LogP contribution in [0.3, 0.4) is 0 Å². The molecule has 0 unspecified atom stereocenters. The van der Waals surface area contributed by atoms with Crippen LogP contribution in [0.25, 0.3) is 0 Å². The van der Waals surface area contributed by atoms with Crippen molar-refractivity contribution in [3.8, 4) is 0 Å². The van der Waals surface area contributed by atoms with Gasteiger partial charge in [-0.2, -0.15) is 0 Å². The van der Waals surface area contributed by atoms with Crippen molar-refractivity contribution in [3.05, 3.63) is 12.2 Å². The highest BCUT2D eigenvalue weighted by atomic mass is 16.7. The van der Waals surface area contributed by atoms with Crippen LogP contribution in [0.5, 0.6) is 0 Å². The number of hydrogen-bond donors (Lipinski definition) is 5. The van der Waals surface area contributed by atoms with Crippen LogP contribution in [-0.2, 0) is 62.2 Å². The van der Waals surface area contributed by atoms with Crippen molar-refractivity contribution >= 4 is 65.0 Å². The molecule has 1 aliphatic rings. The highest BCUT2D eigenvalue weighted by molar-refractivity contribution is 5.99. The molecule has 1 aliphatic heterocycles. The van der Waals surface area contributed by atoms with Gasteiger partial charge in [0.25, 0.3) is 0 Å². The Kier molecular flexibility index (Phi) is 33.9. The van der Waals surface area contributed by atoms with Gasteiger partial charge in [0.15, 0.2) is 0 Å². The maximum Gasteiger partial charge on any atom is 0.246 e. The minimum atomic E-state index is -1.65. The molecule has 11 amide bonds. The van der Waals surface area contributed by atoms with Crippen molar-refractivity contribution < 1.29 is 67.3 Å². The van der Waals surface area contributed by atoms with Crippen LogP contribution < -0.4 is 21.3 Å². The van der Waals surface area contributed by atoms with Crippen LogP contribution in [0.4, 0.5) is 0 Å². The van der Waals surface area contributed by atoms with E-state index in [4.69, 9.17) is 9.47 Å². The van der Waals surface area contributed by atoms with Gasteiger partial charge in [0, 0.05) is 68.3 Å². The number of carbonyl (C=O) groups is 11. The fraction of sp³-hybridized carbons (Fsp3) is 0.800. The van der Waals surface area contributed by atoms with Crippen molar-refractivity contribution in [2.24, 2.45) is 35.5 Å². The van der Waals surface area contributed by atoms with Crippen LogP contribution in [0.15, 0.2) is 12.2 Å². The number of carbonyl (C=O) groups excluding carboxylic acids is 11. The molecule has 0 aliphatic carbocycles. The lowest BCUT2D eigenvalue weighted by Crippen LogP contribution is -2.63. The fourth-order valence-electron chi connectivity index (χ4n) is 11.0. The first-order chi connectivity index (χ1) is 41.6. The van der Waals surface area contributed by atoms with Gasteiger partial charge in [-0.25, -0.2) is 0 Å². The summed E-state index contributed by atoms with van der Waals surface area (Å²) in [5.41, 5.74) is -1.12. The minimum Gasteiger partial charge on any atom is -0.390 e. The second-order valence-corrected chi connectivity index (χ2v) is 27.1. The van der Waals surface area contributed by atoms with Gasteiger partial charge in [-0.05, 0) is 96.3 Å². The average molecular weight is 1280 g/mol. The molecule has 1 rings (SSSR count).